The Labute approximate surface area is 162 Å². The molecule has 0 fully saturated rings. The van der Waals surface area contributed by atoms with Crippen LogP contribution in [0.4, 0.5) is 24.5 Å². The van der Waals surface area contributed by atoms with Crippen molar-refractivity contribution in [1.82, 2.24) is 4.90 Å². The molecule has 0 heterocycles. The predicted molar refractivity (Wildman–Crippen MR) is 99.8 cm³/mol. The first-order chi connectivity index (χ1) is 12.7. The van der Waals surface area contributed by atoms with Gasteiger partial charge in [-0.1, -0.05) is 12.1 Å². The minimum absolute atomic E-state index is 0.115. The van der Waals surface area contributed by atoms with Gasteiger partial charge in [0.1, 0.15) is 0 Å². The molecule has 2 rings (SSSR count). The van der Waals surface area contributed by atoms with Crippen LogP contribution < -0.4 is 10.6 Å². The Morgan fingerprint density at radius 2 is 1.70 bits per heavy atom. The molecular formula is C18H17BrF3N3O2. The number of likely N-dealkylation sites (N-methyl/N-ethyl adjacent to an activating group) is 1. The van der Waals surface area contributed by atoms with Crippen molar-refractivity contribution in [1.29, 1.82) is 0 Å². The number of carbonyl (C=O) groups is 2. The summed E-state index contributed by atoms with van der Waals surface area (Å²) in [6.07, 6.45) is 0. The molecule has 0 aliphatic carbocycles. The molecule has 27 heavy (non-hydrogen) atoms. The number of nitrogens with one attached hydrogen (secondary N) is 2. The number of halogens is 4. The molecule has 0 radical (unpaired) electrons. The third-order valence-corrected chi connectivity index (χ3v) is 4.57. The van der Waals surface area contributed by atoms with Crippen LogP contribution in [-0.4, -0.2) is 36.3 Å². The molecule has 0 bridgehead atoms. The lowest BCUT2D eigenvalue weighted by molar-refractivity contribution is -0.122. The van der Waals surface area contributed by atoms with Crippen LogP contribution in [0.5, 0.6) is 0 Å². The molecule has 144 valence electrons. The number of benzene rings is 2. The predicted octanol–water partition coefficient (Wildman–Crippen LogP) is 3.76. The summed E-state index contributed by atoms with van der Waals surface area (Å²) in [4.78, 5) is 25.8. The van der Waals surface area contributed by atoms with Crippen LogP contribution in [0.1, 0.15) is 6.92 Å². The maximum Gasteiger partial charge on any atom is 0.241 e. The summed E-state index contributed by atoms with van der Waals surface area (Å²) < 4.78 is 40.6. The van der Waals surface area contributed by atoms with Crippen molar-refractivity contribution in [2.45, 2.75) is 13.0 Å². The fourth-order valence-electron chi connectivity index (χ4n) is 2.18. The Morgan fingerprint density at radius 3 is 2.37 bits per heavy atom. The third kappa shape index (κ3) is 5.30. The van der Waals surface area contributed by atoms with Crippen LogP contribution >= 0.6 is 15.9 Å². The van der Waals surface area contributed by atoms with E-state index in [-0.39, 0.29) is 12.5 Å². The molecule has 0 aromatic heterocycles. The fraction of sp³-hybridized carbons (Fsp3) is 0.222. The van der Waals surface area contributed by atoms with Crippen molar-refractivity contribution in [2.75, 3.05) is 24.2 Å². The van der Waals surface area contributed by atoms with Crippen LogP contribution in [0.2, 0.25) is 0 Å². The highest BCUT2D eigenvalue weighted by atomic mass is 79.9. The van der Waals surface area contributed by atoms with Gasteiger partial charge in [-0.05, 0) is 54.2 Å². The molecule has 2 amide bonds. The van der Waals surface area contributed by atoms with Gasteiger partial charge in [0.2, 0.25) is 11.8 Å². The molecule has 0 unspecified atom stereocenters. The van der Waals surface area contributed by atoms with Crippen LogP contribution in [0.25, 0.3) is 0 Å². The second-order valence-corrected chi connectivity index (χ2v) is 6.69. The Kier molecular flexibility index (Phi) is 6.98. The first-order valence-electron chi connectivity index (χ1n) is 7.89. The first kappa shape index (κ1) is 20.9. The monoisotopic (exact) mass is 443 g/mol. The van der Waals surface area contributed by atoms with E-state index in [0.29, 0.717) is 16.2 Å². The standard InChI is InChI=1S/C18H17BrF3N3O2/c1-10(18(27)24-14-8-7-12(20)16(21)17(14)22)25(2)9-15(26)23-13-6-4-3-5-11(13)19/h3-8,10H,9H2,1-2H3,(H,23,26)(H,24,27)/t10-/m0/s1. The smallest absolute Gasteiger partial charge is 0.241 e. The van der Waals surface area contributed by atoms with Gasteiger partial charge in [0.15, 0.2) is 17.5 Å². The normalized spacial score (nSPS) is 12.0. The third-order valence-electron chi connectivity index (χ3n) is 3.87. The molecule has 1 atom stereocenters. The quantitative estimate of drug-likeness (QED) is 0.668. The molecule has 9 heteroatoms. The number of hydrogen-bond donors (Lipinski definition) is 2. The van der Waals surface area contributed by atoms with Gasteiger partial charge in [0, 0.05) is 4.47 Å². The van der Waals surface area contributed by atoms with Gasteiger partial charge in [0.05, 0.1) is 24.0 Å². The fourth-order valence-corrected chi connectivity index (χ4v) is 2.56. The van der Waals surface area contributed by atoms with Gasteiger partial charge in [-0.2, -0.15) is 0 Å². The summed E-state index contributed by atoms with van der Waals surface area (Å²) in [6, 6.07) is 7.86. The highest BCUT2D eigenvalue weighted by Gasteiger charge is 2.23. The maximum atomic E-state index is 13.7. The second-order valence-electron chi connectivity index (χ2n) is 5.83. The molecule has 0 saturated heterocycles. The van der Waals surface area contributed by atoms with Gasteiger partial charge in [-0.3, -0.25) is 14.5 Å². The van der Waals surface area contributed by atoms with Crippen molar-refractivity contribution in [3.8, 4) is 0 Å². The topological polar surface area (TPSA) is 61.4 Å². The lowest BCUT2D eigenvalue weighted by Crippen LogP contribution is -2.43. The van der Waals surface area contributed by atoms with Gasteiger partial charge >= 0.3 is 0 Å². The van der Waals surface area contributed by atoms with Gasteiger partial charge < -0.3 is 10.6 Å². The first-order valence-corrected chi connectivity index (χ1v) is 8.69. The Balaban J connectivity index is 1.97. The summed E-state index contributed by atoms with van der Waals surface area (Å²) in [5.41, 5.74) is 0.105. The molecule has 2 aromatic carbocycles. The van der Waals surface area contributed by atoms with E-state index in [0.717, 1.165) is 6.07 Å². The van der Waals surface area contributed by atoms with Crippen LogP contribution in [0.15, 0.2) is 40.9 Å². The Hall–Kier alpha value is -2.39. The lowest BCUT2D eigenvalue weighted by Gasteiger charge is -2.23. The zero-order valence-corrected chi connectivity index (χ0v) is 16.1. The van der Waals surface area contributed by atoms with E-state index in [2.05, 4.69) is 26.6 Å². The number of amides is 2. The van der Waals surface area contributed by atoms with Gasteiger partial charge in [-0.25, -0.2) is 13.2 Å². The second kappa shape index (κ2) is 9.01. The van der Waals surface area contributed by atoms with E-state index in [4.69, 9.17) is 0 Å². The molecule has 0 saturated carbocycles. The zero-order chi connectivity index (χ0) is 20.1. The number of para-hydroxylation sites is 1. The molecular weight excluding hydrogens is 427 g/mol. The van der Waals surface area contributed by atoms with Crippen molar-refractivity contribution in [2.24, 2.45) is 0 Å². The number of hydrogen-bond acceptors (Lipinski definition) is 3. The molecule has 0 aliphatic rings. The van der Waals surface area contributed by atoms with Crippen LogP contribution in [-0.2, 0) is 9.59 Å². The van der Waals surface area contributed by atoms with Crippen molar-refractivity contribution < 1.29 is 22.8 Å². The van der Waals surface area contributed by atoms with E-state index >= 15 is 0 Å². The summed E-state index contributed by atoms with van der Waals surface area (Å²) >= 11 is 3.31. The van der Waals surface area contributed by atoms with Crippen LogP contribution in [0.3, 0.4) is 0 Å². The van der Waals surface area contributed by atoms with Gasteiger partial charge in [0.25, 0.3) is 0 Å². The molecule has 2 N–H and O–H groups in total. The zero-order valence-electron chi connectivity index (χ0n) is 14.5. The van der Waals surface area contributed by atoms with E-state index < -0.39 is 35.1 Å². The molecule has 2 aromatic rings. The highest BCUT2D eigenvalue weighted by Crippen LogP contribution is 2.21. The number of rotatable bonds is 6. The largest absolute Gasteiger partial charge is 0.324 e. The number of carbonyl (C=O) groups excluding carboxylic acids is 2. The highest BCUT2D eigenvalue weighted by molar-refractivity contribution is 9.10. The minimum Gasteiger partial charge on any atom is -0.324 e. The number of anilines is 2. The Bertz CT molecular complexity index is 864. The SMILES string of the molecule is C[C@@H](C(=O)Nc1ccc(F)c(F)c1F)N(C)CC(=O)Nc1ccccc1Br. The minimum atomic E-state index is -1.67. The summed E-state index contributed by atoms with van der Waals surface area (Å²) in [6.45, 7) is 1.38. The summed E-state index contributed by atoms with van der Waals surface area (Å²) in [5, 5.41) is 4.89. The van der Waals surface area contributed by atoms with Crippen molar-refractivity contribution >= 4 is 39.1 Å². The van der Waals surface area contributed by atoms with E-state index in [9.17, 15) is 22.8 Å². The summed E-state index contributed by atoms with van der Waals surface area (Å²) in [7, 11) is 1.53. The Morgan fingerprint density at radius 1 is 1.04 bits per heavy atom. The molecule has 5 nitrogen and oxygen atoms in total. The average molecular weight is 444 g/mol. The average Bonchev–Trinajstić information content (AvgIpc) is 2.63. The van der Waals surface area contributed by atoms with E-state index in [1.807, 2.05) is 0 Å². The lowest BCUT2D eigenvalue weighted by atomic mass is 10.2. The van der Waals surface area contributed by atoms with Crippen molar-refractivity contribution in [3.63, 3.8) is 0 Å². The summed E-state index contributed by atoms with van der Waals surface area (Å²) in [5.74, 6) is -5.52. The van der Waals surface area contributed by atoms with Crippen molar-refractivity contribution in [3.05, 3.63) is 58.3 Å². The molecule has 0 aliphatic heterocycles. The van der Waals surface area contributed by atoms with E-state index in [1.165, 1.54) is 18.9 Å². The van der Waals surface area contributed by atoms with Crippen LogP contribution in [0, 0.1) is 17.5 Å². The van der Waals surface area contributed by atoms with E-state index in [1.54, 1.807) is 24.3 Å². The molecule has 0 spiro atoms. The maximum absolute atomic E-state index is 13.7. The number of nitrogens with zero attached hydrogens (tertiary/aromatic N) is 1. The van der Waals surface area contributed by atoms with Gasteiger partial charge in [-0.15, -0.1) is 0 Å².